The first-order valence-electron chi connectivity index (χ1n) is 7.75. The lowest BCUT2D eigenvalue weighted by molar-refractivity contribution is 0.00862. The van der Waals surface area contributed by atoms with Crippen LogP contribution in [-0.4, -0.2) is 25.8 Å². The van der Waals surface area contributed by atoms with Crippen molar-refractivity contribution < 1.29 is 4.74 Å². The van der Waals surface area contributed by atoms with Crippen LogP contribution in [0.5, 0.6) is 0 Å². The largest absolute Gasteiger partial charge is 0.378 e. The van der Waals surface area contributed by atoms with Crippen LogP contribution in [-0.2, 0) is 4.74 Å². The first-order chi connectivity index (χ1) is 9.70. The van der Waals surface area contributed by atoms with E-state index in [4.69, 9.17) is 16.3 Å². The Morgan fingerprint density at radius 1 is 1.30 bits per heavy atom. The van der Waals surface area contributed by atoms with Gasteiger partial charge in [-0.15, -0.1) is 0 Å². The lowest BCUT2D eigenvalue weighted by Crippen LogP contribution is -2.30. The first-order valence-corrected chi connectivity index (χ1v) is 8.13. The van der Waals surface area contributed by atoms with Crippen molar-refractivity contribution in [3.63, 3.8) is 0 Å². The molecule has 112 valence electrons. The molecule has 1 fully saturated rings. The van der Waals surface area contributed by atoms with Gasteiger partial charge in [0.15, 0.2) is 0 Å². The first kappa shape index (κ1) is 15.8. The monoisotopic (exact) mass is 295 g/mol. The molecule has 1 saturated heterocycles. The van der Waals surface area contributed by atoms with E-state index in [-0.39, 0.29) is 0 Å². The molecule has 3 unspecified atom stereocenters. The molecule has 0 aliphatic carbocycles. The lowest BCUT2D eigenvalue weighted by atomic mass is 9.86. The predicted octanol–water partition coefficient (Wildman–Crippen LogP) is 4.38. The summed E-state index contributed by atoms with van der Waals surface area (Å²) in [6, 6.07) is 8.75. The number of hydrogen-bond donors (Lipinski definition) is 1. The number of likely N-dealkylation sites (N-methyl/N-ethyl adjacent to an activating group) is 1. The van der Waals surface area contributed by atoms with Gasteiger partial charge in [-0.2, -0.15) is 0 Å². The molecule has 1 heterocycles. The second kappa shape index (κ2) is 8.02. The van der Waals surface area contributed by atoms with Gasteiger partial charge < -0.3 is 10.1 Å². The average Bonchev–Trinajstić information content (AvgIpc) is 2.50. The third-order valence-electron chi connectivity index (χ3n) is 4.43. The van der Waals surface area contributed by atoms with Crippen molar-refractivity contribution in [2.45, 2.75) is 57.1 Å². The number of benzene rings is 1. The van der Waals surface area contributed by atoms with Gasteiger partial charge in [-0.1, -0.05) is 23.7 Å². The SMILES string of the molecule is CNC(C)C(CCC1CCCCO1)c1ccc(Cl)cc1. The molecule has 1 aliphatic rings. The molecule has 2 rings (SSSR count). The molecular weight excluding hydrogens is 270 g/mol. The van der Waals surface area contributed by atoms with E-state index in [1.807, 2.05) is 19.2 Å². The van der Waals surface area contributed by atoms with Gasteiger partial charge in [0.2, 0.25) is 0 Å². The Labute approximate surface area is 127 Å². The Kier molecular flexibility index (Phi) is 6.34. The molecule has 0 radical (unpaired) electrons. The van der Waals surface area contributed by atoms with Crippen molar-refractivity contribution in [2.75, 3.05) is 13.7 Å². The van der Waals surface area contributed by atoms with Crippen LogP contribution in [0.1, 0.15) is 50.5 Å². The fourth-order valence-corrected chi connectivity index (χ4v) is 3.14. The van der Waals surface area contributed by atoms with Crippen molar-refractivity contribution in [1.82, 2.24) is 5.32 Å². The highest BCUT2D eigenvalue weighted by molar-refractivity contribution is 6.30. The Morgan fingerprint density at radius 2 is 2.05 bits per heavy atom. The second-order valence-electron chi connectivity index (χ2n) is 5.80. The Balaban J connectivity index is 1.97. The van der Waals surface area contributed by atoms with Crippen LogP contribution in [0.25, 0.3) is 0 Å². The normalized spacial score (nSPS) is 22.4. The molecule has 3 atom stereocenters. The van der Waals surface area contributed by atoms with Crippen LogP contribution in [0, 0.1) is 0 Å². The van der Waals surface area contributed by atoms with Crippen molar-refractivity contribution in [3.05, 3.63) is 34.9 Å². The molecule has 0 saturated carbocycles. The Bertz CT molecular complexity index is 386. The van der Waals surface area contributed by atoms with Gasteiger partial charge in [-0.3, -0.25) is 0 Å². The smallest absolute Gasteiger partial charge is 0.0575 e. The molecule has 0 bridgehead atoms. The van der Waals surface area contributed by atoms with Gasteiger partial charge in [0.1, 0.15) is 0 Å². The highest BCUT2D eigenvalue weighted by atomic mass is 35.5. The lowest BCUT2D eigenvalue weighted by Gasteiger charge is -2.28. The van der Waals surface area contributed by atoms with Crippen LogP contribution in [0.2, 0.25) is 5.02 Å². The van der Waals surface area contributed by atoms with Gasteiger partial charge in [0, 0.05) is 17.7 Å². The number of halogens is 1. The Hall–Kier alpha value is -0.570. The van der Waals surface area contributed by atoms with E-state index in [9.17, 15) is 0 Å². The molecule has 0 aromatic heterocycles. The van der Waals surface area contributed by atoms with Gasteiger partial charge in [-0.05, 0) is 69.7 Å². The van der Waals surface area contributed by atoms with E-state index < -0.39 is 0 Å². The highest BCUT2D eigenvalue weighted by Crippen LogP contribution is 2.29. The average molecular weight is 296 g/mol. The minimum absolute atomic E-state index is 0.458. The molecule has 1 aliphatic heterocycles. The third kappa shape index (κ3) is 4.47. The summed E-state index contributed by atoms with van der Waals surface area (Å²) < 4.78 is 5.86. The predicted molar refractivity (Wildman–Crippen MR) is 85.5 cm³/mol. The molecule has 1 aromatic carbocycles. The van der Waals surface area contributed by atoms with Crippen molar-refractivity contribution in [2.24, 2.45) is 0 Å². The molecule has 20 heavy (non-hydrogen) atoms. The zero-order valence-corrected chi connectivity index (χ0v) is 13.3. The zero-order chi connectivity index (χ0) is 14.4. The highest BCUT2D eigenvalue weighted by Gasteiger charge is 2.21. The zero-order valence-electron chi connectivity index (χ0n) is 12.6. The molecule has 0 spiro atoms. The fraction of sp³-hybridized carbons (Fsp3) is 0.647. The van der Waals surface area contributed by atoms with Gasteiger partial charge >= 0.3 is 0 Å². The summed E-state index contributed by atoms with van der Waals surface area (Å²) >= 11 is 5.99. The minimum Gasteiger partial charge on any atom is -0.378 e. The fourth-order valence-electron chi connectivity index (χ4n) is 3.02. The van der Waals surface area contributed by atoms with Crippen molar-refractivity contribution >= 4 is 11.6 Å². The molecule has 2 nitrogen and oxygen atoms in total. The van der Waals surface area contributed by atoms with Crippen LogP contribution >= 0.6 is 11.6 Å². The molecule has 1 N–H and O–H groups in total. The number of hydrogen-bond acceptors (Lipinski definition) is 2. The van der Waals surface area contributed by atoms with E-state index in [1.54, 1.807) is 0 Å². The summed E-state index contributed by atoms with van der Waals surface area (Å²) in [4.78, 5) is 0. The minimum atomic E-state index is 0.458. The molecular formula is C17H26ClNO. The van der Waals surface area contributed by atoms with Crippen LogP contribution in [0.3, 0.4) is 0 Å². The summed E-state index contributed by atoms with van der Waals surface area (Å²) in [5.41, 5.74) is 1.37. The second-order valence-corrected chi connectivity index (χ2v) is 6.24. The summed E-state index contributed by atoms with van der Waals surface area (Å²) in [5.74, 6) is 0.516. The maximum absolute atomic E-state index is 5.99. The summed E-state index contributed by atoms with van der Waals surface area (Å²) in [7, 11) is 2.03. The number of ether oxygens (including phenoxy) is 1. The van der Waals surface area contributed by atoms with Gasteiger partial charge in [0.25, 0.3) is 0 Å². The van der Waals surface area contributed by atoms with Crippen LogP contribution in [0.15, 0.2) is 24.3 Å². The standard InChI is InChI=1S/C17H26ClNO/c1-13(19-2)17(14-6-8-15(18)9-7-14)11-10-16-5-3-4-12-20-16/h6-9,13,16-17,19H,3-5,10-12H2,1-2H3. The van der Waals surface area contributed by atoms with Crippen LogP contribution in [0.4, 0.5) is 0 Å². The third-order valence-corrected chi connectivity index (χ3v) is 4.68. The maximum Gasteiger partial charge on any atom is 0.0575 e. The topological polar surface area (TPSA) is 21.3 Å². The van der Waals surface area contributed by atoms with E-state index in [0.717, 1.165) is 24.5 Å². The Morgan fingerprint density at radius 3 is 2.65 bits per heavy atom. The quantitative estimate of drug-likeness (QED) is 0.841. The van der Waals surface area contributed by atoms with Crippen LogP contribution < -0.4 is 5.32 Å². The van der Waals surface area contributed by atoms with E-state index in [1.165, 1.54) is 24.8 Å². The van der Waals surface area contributed by atoms with Gasteiger partial charge in [0.05, 0.1) is 6.10 Å². The van der Waals surface area contributed by atoms with Crippen molar-refractivity contribution in [3.8, 4) is 0 Å². The van der Waals surface area contributed by atoms with E-state index in [2.05, 4.69) is 24.4 Å². The molecule has 3 heteroatoms. The van der Waals surface area contributed by atoms with Crippen molar-refractivity contribution in [1.29, 1.82) is 0 Å². The van der Waals surface area contributed by atoms with E-state index in [0.29, 0.717) is 18.1 Å². The summed E-state index contributed by atoms with van der Waals surface area (Å²) in [6.45, 7) is 3.19. The summed E-state index contributed by atoms with van der Waals surface area (Å²) in [6.07, 6.45) is 6.54. The number of rotatable bonds is 6. The number of nitrogens with one attached hydrogen (secondary N) is 1. The van der Waals surface area contributed by atoms with Gasteiger partial charge in [-0.25, -0.2) is 0 Å². The maximum atomic E-state index is 5.99. The molecule has 0 amide bonds. The van der Waals surface area contributed by atoms with E-state index >= 15 is 0 Å². The molecule has 1 aromatic rings. The summed E-state index contributed by atoms with van der Waals surface area (Å²) in [5, 5.41) is 4.20.